The van der Waals surface area contributed by atoms with E-state index in [1.54, 1.807) is 13.8 Å². The van der Waals surface area contributed by atoms with Gasteiger partial charge in [0.25, 0.3) is 0 Å². The molecule has 0 aromatic heterocycles. The summed E-state index contributed by atoms with van der Waals surface area (Å²) in [7, 11) is 0. The SMILES string of the molecule is CC(C)NC(=O)CNC(=O)Cc1ccc(C(F)(F)F)cc1. The topological polar surface area (TPSA) is 58.2 Å². The van der Waals surface area contributed by atoms with Crippen LogP contribution in [0.1, 0.15) is 25.0 Å². The smallest absolute Gasteiger partial charge is 0.352 e. The van der Waals surface area contributed by atoms with E-state index >= 15 is 0 Å². The van der Waals surface area contributed by atoms with Crippen LogP contribution in [0.5, 0.6) is 0 Å². The predicted molar refractivity (Wildman–Crippen MR) is 71.4 cm³/mol. The van der Waals surface area contributed by atoms with Gasteiger partial charge >= 0.3 is 6.18 Å². The zero-order chi connectivity index (χ0) is 16.0. The van der Waals surface area contributed by atoms with Gasteiger partial charge in [-0.05, 0) is 31.5 Å². The van der Waals surface area contributed by atoms with Crippen LogP contribution in [-0.4, -0.2) is 24.4 Å². The third-order valence-corrected chi connectivity index (χ3v) is 2.54. The van der Waals surface area contributed by atoms with Gasteiger partial charge in [0.2, 0.25) is 11.8 Å². The summed E-state index contributed by atoms with van der Waals surface area (Å²) >= 11 is 0. The maximum atomic E-state index is 12.4. The first-order chi connectivity index (χ1) is 9.68. The van der Waals surface area contributed by atoms with Gasteiger partial charge in [-0.2, -0.15) is 13.2 Å². The second kappa shape index (κ2) is 7.10. The van der Waals surface area contributed by atoms with Crippen molar-refractivity contribution in [2.24, 2.45) is 0 Å². The summed E-state index contributed by atoms with van der Waals surface area (Å²) in [4.78, 5) is 22.9. The van der Waals surface area contributed by atoms with Crippen LogP contribution >= 0.6 is 0 Å². The Hall–Kier alpha value is -2.05. The molecule has 0 radical (unpaired) electrons. The van der Waals surface area contributed by atoms with Crippen LogP contribution in [0.3, 0.4) is 0 Å². The molecule has 0 bridgehead atoms. The Kier molecular flexibility index (Phi) is 5.75. The lowest BCUT2D eigenvalue weighted by Crippen LogP contribution is -2.40. The molecule has 7 heteroatoms. The number of carbonyl (C=O) groups excluding carboxylic acids is 2. The highest BCUT2D eigenvalue weighted by molar-refractivity contribution is 5.85. The number of hydrogen-bond acceptors (Lipinski definition) is 2. The van der Waals surface area contributed by atoms with Crippen LogP contribution < -0.4 is 10.6 Å². The Balaban J connectivity index is 2.46. The fraction of sp³-hybridized carbons (Fsp3) is 0.429. The number of rotatable bonds is 5. The van der Waals surface area contributed by atoms with Crippen molar-refractivity contribution in [3.63, 3.8) is 0 Å². The Labute approximate surface area is 120 Å². The van der Waals surface area contributed by atoms with Crippen LogP contribution in [0.25, 0.3) is 0 Å². The minimum atomic E-state index is -4.39. The van der Waals surface area contributed by atoms with Crippen molar-refractivity contribution < 1.29 is 22.8 Å². The first-order valence-electron chi connectivity index (χ1n) is 6.40. The molecule has 1 aromatic rings. The lowest BCUT2D eigenvalue weighted by atomic mass is 10.1. The molecule has 1 rings (SSSR count). The fourth-order valence-electron chi connectivity index (χ4n) is 1.61. The third-order valence-electron chi connectivity index (χ3n) is 2.54. The predicted octanol–water partition coefficient (Wildman–Crippen LogP) is 1.89. The van der Waals surface area contributed by atoms with Crippen molar-refractivity contribution >= 4 is 11.8 Å². The van der Waals surface area contributed by atoms with Crippen LogP contribution in [0.2, 0.25) is 0 Å². The van der Waals surface area contributed by atoms with Crippen molar-refractivity contribution in [2.75, 3.05) is 6.54 Å². The lowest BCUT2D eigenvalue weighted by Gasteiger charge is -2.10. The molecule has 0 spiro atoms. The normalized spacial score (nSPS) is 11.3. The Morgan fingerprint density at radius 1 is 1.10 bits per heavy atom. The average Bonchev–Trinajstić information content (AvgIpc) is 2.35. The van der Waals surface area contributed by atoms with E-state index in [1.165, 1.54) is 12.1 Å². The van der Waals surface area contributed by atoms with E-state index in [2.05, 4.69) is 10.6 Å². The van der Waals surface area contributed by atoms with Crippen LogP contribution in [0.15, 0.2) is 24.3 Å². The molecule has 2 N–H and O–H groups in total. The average molecular weight is 302 g/mol. The largest absolute Gasteiger partial charge is 0.416 e. The number of carbonyl (C=O) groups is 2. The zero-order valence-corrected chi connectivity index (χ0v) is 11.8. The van der Waals surface area contributed by atoms with Gasteiger partial charge in [0.15, 0.2) is 0 Å². The molecule has 0 aliphatic rings. The maximum absolute atomic E-state index is 12.4. The van der Waals surface area contributed by atoms with E-state index in [4.69, 9.17) is 0 Å². The van der Waals surface area contributed by atoms with Gasteiger partial charge in [-0.1, -0.05) is 12.1 Å². The van der Waals surface area contributed by atoms with Gasteiger partial charge in [-0.25, -0.2) is 0 Å². The van der Waals surface area contributed by atoms with Gasteiger partial charge in [-0.3, -0.25) is 9.59 Å². The molecule has 0 heterocycles. The number of benzene rings is 1. The third kappa shape index (κ3) is 6.29. The summed E-state index contributed by atoms with van der Waals surface area (Å²) in [6.07, 6.45) is -4.47. The molecule has 4 nitrogen and oxygen atoms in total. The summed E-state index contributed by atoms with van der Waals surface area (Å²) in [5.74, 6) is -0.737. The number of halogens is 3. The van der Waals surface area contributed by atoms with Crippen LogP contribution in [-0.2, 0) is 22.2 Å². The quantitative estimate of drug-likeness (QED) is 0.872. The van der Waals surface area contributed by atoms with Crippen molar-refractivity contribution in [3.05, 3.63) is 35.4 Å². The first kappa shape index (κ1) is 17.0. The van der Waals surface area contributed by atoms with Crippen molar-refractivity contribution in [1.29, 1.82) is 0 Å². The molecule has 0 atom stereocenters. The van der Waals surface area contributed by atoms with E-state index in [9.17, 15) is 22.8 Å². The summed E-state index contributed by atoms with van der Waals surface area (Å²) in [5, 5.41) is 5.02. The van der Waals surface area contributed by atoms with Crippen LogP contribution in [0.4, 0.5) is 13.2 Å². The van der Waals surface area contributed by atoms with Gasteiger partial charge < -0.3 is 10.6 Å². The van der Waals surface area contributed by atoms with Gasteiger partial charge in [-0.15, -0.1) is 0 Å². The number of hydrogen-bond donors (Lipinski definition) is 2. The fourth-order valence-corrected chi connectivity index (χ4v) is 1.61. The number of nitrogens with one attached hydrogen (secondary N) is 2. The monoisotopic (exact) mass is 302 g/mol. The molecule has 0 fully saturated rings. The standard InChI is InChI=1S/C14H17F3N2O2/c1-9(2)19-13(21)8-18-12(20)7-10-3-5-11(6-4-10)14(15,16)17/h3-6,9H,7-8H2,1-2H3,(H,18,20)(H,19,21). The van der Waals surface area contributed by atoms with E-state index in [0.29, 0.717) is 5.56 Å². The second-order valence-electron chi connectivity index (χ2n) is 4.87. The van der Waals surface area contributed by atoms with Crippen molar-refractivity contribution in [1.82, 2.24) is 10.6 Å². The molecule has 116 valence electrons. The molecule has 1 aromatic carbocycles. The molecular formula is C14H17F3N2O2. The minimum absolute atomic E-state index is 0.0238. The van der Waals surface area contributed by atoms with E-state index < -0.39 is 17.6 Å². The molecule has 2 amide bonds. The summed E-state index contributed by atoms with van der Waals surface area (Å²) in [5.41, 5.74) is -0.312. The van der Waals surface area contributed by atoms with Gasteiger partial charge in [0.1, 0.15) is 0 Å². The number of amides is 2. The highest BCUT2D eigenvalue weighted by atomic mass is 19.4. The summed E-state index contributed by atoms with van der Waals surface area (Å²) in [6.45, 7) is 3.43. The Bertz CT molecular complexity index is 496. The minimum Gasteiger partial charge on any atom is -0.352 e. The lowest BCUT2D eigenvalue weighted by molar-refractivity contribution is -0.137. The Morgan fingerprint density at radius 3 is 2.14 bits per heavy atom. The van der Waals surface area contributed by atoms with E-state index in [1.807, 2.05) is 0 Å². The van der Waals surface area contributed by atoms with Gasteiger partial charge in [0, 0.05) is 6.04 Å². The van der Waals surface area contributed by atoms with E-state index in [-0.39, 0.29) is 24.9 Å². The second-order valence-corrected chi connectivity index (χ2v) is 4.87. The summed E-state index contributed by atoms with van der Waals surface area (Å²) in [6, 6.07) is 4.32. The van der Waals surface area contributed by atoms with Crippen LogP contribution in [0, 0.1) is 0 Å². The Morgan fingerprint density at radius 2 is 1.67 bits per heavy atom. The highest BCUT2D eigenvalue weighted by Crippen LogP contribution is 2.29. The summed E-state index contributed by atoms with van der Waals surface area (Å²) < 4.78 is 37.1. The van der Waals surface area contributed by atoms with Crippen molar-refractivity contribution in [2.45, 2.75) is 32.5 Å². The molecule has 0 saturated heterocycles. The van der Waals surface area contributed by atoms with Crippen molar-refractivity contribution in [3.8, 4) is 0 Å². The molecular weight excluding hydrogens is 285 g/mol. The maximum Gasteiger partial charge on any atom is 0.416 e. The zero-order valence-electron chi connectivity index (χ0n) is 11.8. The van der Waals surface area contributed by atoms with Gasteiger partial charge in [0.05, 0.1) is 18.5 Å². The first-order valence-corrected chi connectivity index (χ1v) is 6.40. The molecule has 0 saturated carbocycles. The van der Waals surface area contributed by atoms with E-state index in [0.717, 1.165) is 12.1 Å². The molecule has 0 unspecified atom stereocenters. The molecule has 21 heavy (non-hydrogen) atoms. The molecule has 0 aliphatic carbocycles. The highest BCUT2D eigenvalue weighted by Gasteiger charge is 2.29. The number of alkyl halides is 3. The molecule has 0 aliphatic heterocycles.